The second-order valence-electron chi connectivity index (χ2n) is 14.7. The Morgan fingerprint density at radius 3 is 2.00 bits per heavy atom. The van der Waals surface area contributed by atoms with Crippen LogP contribution in [0.15, 0.2) is 189 Å². The van der Waals surface area contributed by atoms with Crippen LogP contribution in [0.1, 0.15) is 23.1 Å². The number of hydrogen-bond donors (Lipinski definition) is 1. The number of fused-ring (bicyclic) bond motifs is 5. The van der Waals surface area contributed by atoms with Crippen LogP contribution in [0.3, 0.4) is 0 Å². The molecule has 0 aromatic heterocycles. The molecule has 0 amide bonds. The van der Waals surface area contributed by atoms with Crippen molar-refractivity contribution in [1.82, 2.24) is 0 Å². The molecule has 0 bridgehead atoms. The molecular formula is C54H40N2. The van der Waals surface area contributed by atoms with Crippen molar-refractivity contribution in [2.45, 2.75) is 12.8 Å². The predicted octanol–water partition coefficient (Wildman–Crippen LogP) is 14.8. The normalized spacial score (nSPS) is 12.2. The Labute approximate surface area is 328 Å². The Hall–Kier alpha value is -7.16. The molecule has 9 aromatic carbocycles. The van der Waals surface area contributed by atoms with E-state index in [1.165, 1.54) is 54.9 Å². The van der Waals surface area contributed by atoms with Gasteiger partial charge in [-0.05, 0) is 127 Å². The number of nitrogens with two attached hydrogens (primary N) is 1. The van der Waals surface area contributed by atoms with Gasteiger partial charge < -0.3 is 10.6 Å². The van der Waals surface area contributed by atoms with Crippen LogP contribution >= 0.6 is 0 Å². The third-order valence-electron chi connectivity index (χ3n) is 11.4. The van der Waals surface area contributed by atoms with Crippen molar-refractivity contribution in [2.24, 2.45) is 0 Å². The van der Waals surface area contributed by atoms with Crippen LogP contribution in [0.5, 0.6) is 0 Å². The topological polar surface area (TPSA) is 29.3 Å². The van der Waals surface area contributed by atoms with Gasteiger partial charge in [-0.3, -0.25) is 0 Å². The summed E-state index contributed by atoms with van der Waals surface area (Å²) < 4.78 is 0. The second kappa shape index (κ2) is 13.9. The lowest BCUT2D eigenvalue weighted by molar-refractivity contribution is 0.983. The minimum absolute atomic E-state index is 0.800. The second-order valence-corrected chi connectivity index (χ2v) is 14.7. The standard InChI is InChI=1S/C54H40N2/c1-2-45-46-18-8-6-17-41(46)35-52(54(45)55)42-25-24-39-33-44(31-28-38(39)32-42)56(53-23-13-12-20-48(53)36-14-4-3-5-15-36)43-29-26-37(27-30-43)51-34-40-16-7-9-19-47(40)49-21-10-11-22-50(49)51/h2-7,9-17,19-35H,1,8,18,55H2. The summed E-state index contributed by atoms with van der Waals surface area (Å²) in [7, 11) is 0. The van der Waals surface area contributed by atoms with Gasteiger partial charge in [0, 0.05) is 33.8 Å². The first-order valence-electron chi connectivity index (χ1n) is 19.4. The van der Waals surface area contributed by atoms with E-state index in [0.29, 0.717) is 0 Å². The summed E-state index contributed by atoms with van der Waals surface area (Å²) in [4.78, 5) is 2.39. The van der Waals surface area contributed by atoms with E-state index in [4.69, 9.17) is 5.73 Å². The average Bonchev–Trinajstić information content (AvgIpc) is 3.26. The fourth-order valence-electron chi connectivity index (χ4n) is 8.70. The molecule has 1 aliphatic rings. The highest BCUT2D eigenvalue weighted by Gasteiger charge is 2.20. The minimum atomic E-state index is 0.800. The maximum Gasteiger partial charge on any atom is 0.0540 e. The molecule has 0 radical (unpaired) electrons. The molecule has 0 spiro atoms. The first kappa shape index (κ1) is 33.4. The van der Waals surface area contributed by atoms with E-state index in [1.807, 2.05) is 6.08 Å². The molecule has 56 heavy (non-hydrogen) atoms. The number of para-hydroxylation sites is 1. The molecule has 266 valence electrons. The third kappa shape index (κ3) is 5.75. The average molecular weight is 717 g/mol. The van der Waals surface area contributed by atoms with E-state index in [-0.39, 0.29) is 0 Å². The highest BCUT2D eigenvalue weighted by Crippen LogP contribution is 2.44. The summed E-state index contributed by atoms with van der Waals surface area (Å²) >= 11 is 0. The van der Waals surface area contributed by atoms with Crippen molar-refractivity contribution < 1.29 is 0 Å². The van der Waals surface area contributed by atoms with Crippen LogP contribution in [-0.4, -0.2) is 0 Å². The van der Waals surface area contributed by atoms with Crippen molar-refractivity contribution in [3.05, 3.63) is 205 Å². The Morgan fingerprint density at radius 1 is 0.500 bits per heavy atom. The Morgan fingerprint density at radius 2 is 1.16 bits per heavy atom. The zero-order chi connectivity index (χ0) is 37.6. The van der Waals surface area contributed by atoms with Crippen LogP contribution in [-0.2, 0) is 6.42 Å². The number of nitrogens with zero attached hydrogens (tertiary/aromatic N) is 1. The molecule has 2 heteroatoms. The summed E-state index contributed by atoms with van der Waals surface area (Å²) in [5, 5.41) is 7.38. The quantitative estimate of drug-likeness (QED) is 0.131. The smallest absolute Gasteiger partial charge is 0.0540 e. The van der Waals surface area contributed by atoms with Gasteiger partial charge in [-0.25, -0.2) is 0 Å². The van der Waals surface area contributed by atoms with Crippen molar-refractivity contribution in [1.29, 1.82) is 0 Å². The number of allylic oxidation sites excluding steroid dienone is 1. The number of hydrogen-bond acceptors (Lipinski definition) is 2. The largest absolute Gasteiger partial charge is 0.398 e. The molecule has 0 aliphatic heterocycles. The number of rotatable bonds is 7. The van der Waals surface area contributed by atoms with Crippen LogP contribution in [0.25, 0.3) is 77.9 Å². The van der Waals surface area contributed by atoms with Crippen LogP contribution in [0.2, 0.25) is 0 Å². The highest BCUT2D eigenvalue weighted by molar-refractivity contribution is 6.13. The molecule has 2 nitrogen and oxygen atoms in total. The zero-order valence-electron chi connectivity index (χ0n) is 31.1. The van der Waals surface area contributed by atoms with E-state index in [1.54, 1.807) is 0 Å². The van der Waals surface area contributed by atoms with Crippen molar-refractivity contribution in [3.8, 4) is 33.4 Å². The molecule has 0 fully saturated rings. The minimum Gasteiger partial charge on any atom is -0.398 e. The van der Waals surface area contributed by atoms with Gasteiger partial charge in [0.15, 0.2) is 0 Å². The fraction of sp³-hybridized carbons (Fsp3) is 0.0370. The lowest BCUT2D eigenvalue weighted by atomic mass is 9.87. The maximum atomic E-state index is 6.85. The van der Waals surface area contributed by atoms with Crippen LogP contribution in [0.4, 0.5) is 22.7 Å². The molecule has 0 saturated heterocycles. The van der Waals surface area contributed by atoms with Gasteiger partial charge in [-0.2, -0.15) is 0 Å². The summed E-state index contributed by atoms with van der Waals surface area (Å²) in [6.07, 6.45) is 8.41. The summed E-state index contributed by atoms with van der Waals surface area (Å²) in [5.41, 5.74) is 21.5. The Bertz CT molecular complexity index is 2990. The van der Waals surface area contributed by atoms with Gasteiger partial charge in [0.2, 0.25) is 0 Å². The molecule has 10 rings (SSSR count). The summed E-state index contributed by atoms with van der Waals surface area (Å²) in [6, 6.07) is 63.9. The molecule has 1 aliphatic carbocycles. The van der Waals surface area contributed by atoms with Crippen molar-refractivity contribution >= 4 is 67.2 Å². The fourth-order valence-corrected chi connectivity index (χ4v) is 8.70. The highest BCUT2D eigenvalue weighted by atomic mass is 15.1. The maximum absolute atomic E-state index is 6.85. The van der Waals surface area contributed by atoms with Gasteiger partial charge >= 0.3 is 0 Å². The zero-order valence-corrected chi connectivity index (χ0v) is 31.1. The van der Waals surface area contributed by atoms with Crippen molar-refractivity contribution in [2.75, 3.05) is 10.6 Å². The first-order chi connectivity index (χ1) is 27.6. The summed E-state index contributed by atoms with van der Waals surface area (Å²) in [6.45, 7) is 4.12. The third-order valence-corrected chi connectivity index (χ3v) is 11.4. The molecule has 0 unspecified atom stereocenters. The van der Waals surface area contributed by atoms with E-state index < -0.39 is 0 Å². The predicted molar refractivity (Wildman–Crippen MR) is 242 cm³/mol. The molecule has 2 N–H and O–H groups in total. The number of nitrogen functional groups attached to an aromatic ring is 1. The molecule has 0 saturated carbocycles. The first-order valence-corrected chi connectivity index (χ1v) is 19.4. The van der Waals surface area contributed by atoms with E-state index in [2.05, 4.69) is 200 Å². The lowest BCUT2D eigenvalue weighted by Gasteiger charge is -2.28. The SMILES string of the molecule is C=Cc1c(N)c(-c2ccc3cc(N(c4ccc(-c5cc6ccccc6c6ccccc56)cc4)c4ccccc4-c4ccccc4)ccc3c2)cc2c1CCC=C2. The lowest BCUT2D eigenvalue weighted by Crippen LogP contribution is -2.11. The number of benzene rings is 9. The molecule has 9 aromatic rings. The van der Waals surface area contributed by atoms with Crippen LogP contribution in [0, 0.1) is 0 Å². The van der Waals surface area contributed by atoms with E-state index in [0.717, 1.165) is 63.1 Å². The van der Waals surface area contributed by atoms with E-state index >= 15 is 0 Å². The molecular weight excluding hydrogens is 677 g/mol. The van der Waals surface area contributed by atoms with Gasteiger partial charge in [-0.15, -0.1) is 0 Å². The Kier molecular flexibility index (Phi) is 8.30. The van der Waals surface area contributed by atoms with E-state index in [9.17, 15) is 0 Å². The van der Waals surface area contributed by atoms with Gasteiger partial charge in [0.05, 0.1) is 5.69 Å². The molecule has 0 heterocycles. The molecule has 0 atom stereocenters. The van der Waals surface area contributed by atoms with Gasteiger partial charge in [0.25, 0.3) is 0 Å². The summed E-state index contributed by atoms with van der Waals surface area (Å²) in [5.74, 6) is 0. The van der Waals surface area contributed by atoms with Crippen LogP contribution < -0.4 is 10.6 Å². The van der Waals surface area contributed by atoms with Gasteiger partial charge in [0.1, 0.15) is 0 Å². The van der Waals surface area contributed by atoms with Gasteiger partial charge in [-0.1, -0.05) is 152 Å². The Balaban J connectivity index is 1.10. The monoisotopic (exact) mass is 716 g/mol. The number of anilines is 4. The van der Waals surface area contributed by atoms with Crippen molar-refractivity contribution in [3.63, 3.8) is 0 Å².